The van der Waals surface area contributed by atoms with Crippen LogP contribution >= 0.6 is 11.6 Å². The Kier molecular flexibility index (Phi) is 9.06. The Morgan fingerprint density at radius 3 is 2.16 bits per heavy atom. The molecule has 2 rings (SSSR count). The molecule has 0 saturated carbocycles. The van der Waals surface area contributed by atoms with Crippen molar-refractivity contribution in [1.82, 2.24) is 14.5 Å². The fraction of sp³-hybridized carbons (Fsp3) is 0.364. The lowest BCUT2D eigenvalue weighted by Gasteiger charge is -2.30. The number of carbonyl (C=O) groups is 2. The van der Waals surface area contributed by atoms with E-state index in [0.29, 0.717) is 10.8 Å². The molecule has 0 spiro atoms. The molecule has 0 aromatic heterocycles. The molecule has 0 aliphatic rings. The second-order valence-corrected chi connectivity index (χ2v) is 9.93. The molecule has 174 valence electrons. The van der Waals surface area contributed by atoms with Crippen molar-refractivity contribution in [3.8, 4) is 5.75 Å². The van der Waals surface area contributed by atoms with Crippen LogP contribution in [-0.2, 0) is 32.7 Å². The van der Waals surface area contributed by atoms with Crippen molar-refractivity contribution in [1.29, 1.82) is 0 Å². The van der Waals surface area contributed by atoms with Crippen LogP contribution in [0.15, 0.2) is 48.5 Å². The molecular weight excluding hydrogens is 454 g/mol. The summed E-state index contributed by atoms with van der Waals surface area (Å²) >= 11 is 5.88. The van der Waals surface area contributed by atoms with Crippen molar-refractivity contribution in [3.05, 3.63) is 64.7 Å². The van der Waals surface area contributed by atoms with Crippen LogP contribution in [0.4, 0.5) is 0 Å². The fourth-order valence-corrected chi connectivity index (χ4v) is 3.32. The van der Waals surface area contributed by atoms with Crippen molar-refractivity contribution in [2.45, 2.75) is 26.1 Å². The minimum atomic E-state index is -3.55. The molecule has 0 radical (unpaired) electrons. The van der Waals surface area contributed by atoms with Gasteiger partial charge in [-0.1, -0.05) is 35.9 Å². The van der Waals surface area contributed by atoms with Gasteiger partial charge in [-0.25, -0.2) is 8.42 Å². The maximum atomic E-state index is 13.0. The molecule has 8 nitrogen and oxygen atoms in total. The summed E-state index contributed by atoms with van der Waals surface area (Å²) in [6.45, 7) is 1.65. The number of nitrogens with zero attached hydrogens (tertiary/aromatic N) is 2. The van der Waals surface area contributed by atoms with Crippen molar-refractivity contribution < 1.29 is 22.7 Å². The van der Waals surface area contributed by atoms with Gasteiger partial charge in [-0.15, -0.1) is 0 Å². The number of likely N-dealkylation sites (N-methyl/N-ethyl adjacent to an activating group) is 1. The van der Waals surface area contributed by atoms with E-state index in [0.717, 1.165) is 21.7 Å². The van der Waals surface area contributed by atoms with Crippen LogP contribution < -0.4 is 10.1 Å². The summed E-state index contributed by atoms with van der Waals surface area (Å²) in [7, 11) is -0.673. The van der Waals surface area contributed by atoms with E-state index in [-0.39, 0.29) is 25.5 Å². The maximum absolute atomic E-state index is 13.0. The van der Waals surface area contributed by atoms with Gasteiger partial charge in [0, 0.05) is 25.2 Å². The average molecular weight is 482 g/mol. The first-order chi connectivity index (χ1) is 15.0. The number of methoxy groups -OCH3 is 1. The largest absolute Gasteiger partial charge is 0.497 e. The van der Waals surface area contributed by atoms with E-state index in [9.17, 15) is 18.0 Å². The molecule has 2 amide bonds. The molecule has 0 unspecified atom stereocenters. The minimum Gasteiger partial charge on any atom is -0.497 e. The fourth-order valence-electron chi connectivity index (χ4n) is 2.85. The van der Waals surface area contributed by atoms with Gasteiger partial charge in [-0.05, 0) is 42.3 Å². The number of sulfonamides is 1. The molecule has 2 aromatic carbocycles. The summed E-state index contributed by atoms with van der Waals surface area (Å²) in [6.07, 6.45) is 1.02. The zero-order valence-electron chi connectivity index (χ0n) is 18.5. The third kappa shape index (κ3) is 7.51. The zero-order valence-corrected chi connectivity index (χ0v) is 20.1. The molecule has 0 aliphatic heterocycles. The van der Waals surface area contributed by atoms with Gasteiger partial charge in [0.15, 0.2) is 0 Å². The van der Waals surface area contributed by atoms with E-state index in [1.165, 1.54) is 11.9 Å². The van der Waals surface area contributed by atoms with Crippen molar-refractivity contribution in [3.63, 3.8) is 0 Å². The molecule has 1 N–H and O–H groups in total. The lowest BCUT2D eigenvalue weighted by atomic mass is 10.1. The third-order valence-corrected chi connectivity index (χ3v) is 6.50. The van der Waals surface area contributed by atoms with E-state index in [2.05, 4.69) is 5.32 Å². The first-order valence-electron chi connectivity index (χ1n) is 9.87. The molecular formula is C22H28ClN3O5S. The van der Waals surface area contributed by atoms with E-state index in [1.54, 1.807) is 62.6 Å². The monoisotopic (exact) mass is 481 g/mol. The molecule has 0 heterocycles. The van der Waals surface area contributed by atoms with Gasteiger partial charge in [0.1, 0.15) is 11.8 Å². The minimum absolute atomic E-state index is 0.135. The molecule has 0 bridgehead atoms. The molecule has 0 saturated heterocycles. The second-order valence-electron chi connectivity index (χ2n) is 7.41. The maximum Gasteiger partial charge on any atom is 0.242 e. The third-order valence-electron chi connectivity index (χ3n) is 4.98. The molecule has 0 fully saturated rings. The molecule has 32 heavy (non-hydrogen) atoms. The lowest BCUT2D eigenvalue weighted by Crippen LogP contribution is -2.50. The Hall–Kier alpha value is -2.62. The van der Waals surface area contributed by atoms with Gasteiger partial charge in [0.2, 0.25) is 21.8 Å². The van der Waals surface area contributed by atoms with Crippen molar-refractivity contribution in [2.75, 3.05) is 27.0 Å². The number of nitrogens with one attached hydrogen (secondary N) is 1. The first-order valence-corrected chi connectivity index (χ1v) is 12.1. The molecule has 10 heteroatoms. The van der Waals surface area contributed by atoms with Crippen LogP contribution in [0.1, 0.15) is 18.1 Å². The number of halogens is 1. The number of amides is 2. The van der Waals surface area contributed by atoms with Gasteiger partial charge in [-0.2, -0.15) is 4.31 Å². The number of ether oxygens (including phenoxy) is 1. The van der Waals surface area contributed by atoms with Crippen LogP contribution in [0.2, 0.25) is 5.02 Å². The number of rotatable bonds is 10. The van der Waals surface area contributed by atoms with Gasteiger partial charge in [-0.3, -0.25) is 9.59 Å². The van der Waals surface area contributed by atoms with Crippen LogP contribution in [0, 0.1) is 0 Å². The number of hydrogen-bond acceptors (Lipinski definition) is 5. The van der Waals surface area contributed by atoms with E-state index >= 15 is 0 Å². The Labute approximate surface area is 194 Å². The highest BCUT2D eigenvalue weighted by Gasteiger charge is 2.28. The molecule has 0 aliphatic carbocycles. The van der Waals surface area contributed by atoms with Crippen LogP contribution in [-0.4, -0.2) is 62.4 Å². The predicted molar refractivity (Wildman–Crippen MR) is 124 cm³/mol. The Bertz CT molecular complexity index is 1030. The SMILES string of the molecule is COc1ccc(CN(C(=O)CN(C)S(C)(=O)=O)[C@H](C)C(=O)NCc2ccc(Cl)cc2)cc1. The van der Waals surface area contributed by atoms with E-state index in [4.69, 9.17) is 16.3 Å². The molecule has 1 atom stereocenters. The Balaban J connectivity index is 2.17. The summed E-state index contributed by atoms with van der Waals surface area (Å²) in [4.78, 5) is 27.2. The zero-order chi connectivity index (χ0) is 23.9. The number of hydrogen-bond donors (Lipinski definition) is 1. The van der Waals surface area contributed by atoms with Crippen LogP contribution in [0.5, 0.6) is 5.75 Å². The standard InChI is InChI=1S/C22H28ClN3O5S/c1-16(22(28)24-13-17-5-9-19(23)10-6-17)26(21(27)15-25(2)32(4,29)30)14-18-7-11-20(31-3)12-8-18/h5-12,16H,13-15H2,1-4H3,(H,24,28)/t16-/m1/s1. The smallest absolute Gasteiger partial charge is 0.242 e. The highest BCUT2D eigenvalue weighted by Crippen LogP contribution is 2.16. The lowest BCUT2D eigenvalue weighted by molar-refractivity contribution is -0.140. The van der Waals surface area contributed by atoms with Crippen LogP contribution in [0.3, 0.4) is 0 Å². The number of carbonyl (C=O) groups excluding carboxylic acids is 2. The summed E-state index contributed by atoms with van der Waals surface area (Å²) < 4.78 is 29.6. The van der Waals surface area contributed by atoms with Gasteiger partial charge in [0.05, 0.1) is 19.9 Å². The highest BCUT2D eigenvalue weighted by atomic mass is 35.5. The highest BCUT2D eigenvalue weighted by molar-refractivity contribution is 7.88. The van der Waals surface area contributed by atoms with E-state index in [1.807, 2.05) is 0 Å². The second kappa shape index (κ2) is 11.3. The van der Waals surface area contributed by atoms with Crippen molar-refractivity contribution in [2.24, 2.45) is 0 Å². The summed E-state index contributed by atoms with van der Waals surface area (Å²) in [6, 6.07) is 13.3. The quantitative estimate of drug-likeness (QED) is 0.561. The molecule has 2 aromatic rings. The Morgan fingerprint density at radius 1 is 1.06 bits per heavy atom. The number of benzene rings is 2. The predicted octanol–water partition coefficient (Wildman–Crippen LogP) is 2.27. The van der Waals surface area contributed by atoms with E-state index < -0.39 is 22.0 Å². The van der Waals surface area contributed by atoms with Gasteiger partial charge < -0.3 is 15.0 Å². The van der Waals surface area contributed by atoms with Crippen LogP contribution in [0.25, 0.3) is 0 Å². The van der Waals surface area contributed by atoms with Gasteiger partial charge >= 0.3 is 0 Å². The van der Waals surface area contributed by atoms with Gasteiger partial charge in [0.25, 0.3) is 0 Å². The summed E-state index contributed by atoms with van der Waals surface area (Å²) in [5, 5.41) is 3.41. The normalized spacial score (nSPS) is 12.3. The summed E-state index contributed by atoms with van der Waals surface area (Å²) in [5.41, 5.74) is 1.64. The topological polar surface area (TPSA) is 96.0 Å². The first kappa shape index (κ1) is 25.6. The van der Waals surface area contributed by atoms with Crippen molar-refractivity contribution >= 4 is 33.4 Å². The Morgan fingerprint density at radius 2 is 1.62 bits per heavy atom. The average Bonchev–Trinajstić information content (AvgIpc) is 2.76. The summed E-state index contributed by atoms with van der Waals surface area (Å²) in [5.74, 6) is -0.177.